The fourth-order valence-electron chi connectivity index (χ4n) is 7.74. The number of unbranched alkanes of at least 4 members (excludes halogenated alkanes) is 6. The number of hydrogen-bond acceptors (Lipinski definition) is 8. The van der Waals surface area contributed by atoms with Crippen LogP contribution in [0.3, 0.4) is 0 Å². The van der Waals surface area contributed by atoms with Gasteiger partial charge in [-0.05, 0) is 127 Å². The molecule has 6 N–H and O–H groups in total. The molecule has 0 saturated heterocycles. The van der Waals surface area contributed by atoms with Crippen LogP contribution in [0.4, 0.5) is 0 Å². The van der Waals surface area contributed by atoms with Gasteiger partial charge in [-0.15, -0.1) is 5.12 Å². The van der Waals surface area contributed by atoms with Crippen LogP contribution < -0.4 is 22.3 Å². The molecule has 0 aromatic heterocycles. The van der Waals surface area contributed by atoms with E-state index >= 15 is 0 Å². The second-order valence-corrected chi connectivity index (χ2v) is 15.0. The third kappa shape index (κ3) is 12.3. The van der Waals surface area contributed by atoms with Crippen LogP contribution in [0.1, 0.15) is 127 Å². The molecule has 0 unspecified atom stereocenters. The van der Waals surface area contributed by atoms with E-state index < -0.39 is 10.8 Å². The first kappa shape index (κ1) is 39.8. The molecule has 0 aliphatic heterocycles. The number of amides is 2. The summed E-state index contributed by atoms with van der Waals surface area (Å²) in [6, 6.07) is 8.32. The number of carbonyl (C=O) groups excluding carboxylic acids is 4. The Morgan fingerprint density at radius 3 is 1.44 bits per heavy atom. The van der Waals surface area contributed by atoms with Gasteiger partial charge in [0.05, 0.1) is 17.4 Å². The van der Waals surface area contributed by atoms with Crippen molar-refractivity contribution in [1.82, 2.24) is 20.9 Å². The molecule has 2 aliphatic rings. The van der Waals surface area contributed by atoms with Crippen LogP contribution in [0.2, 0.25) is 0 Å². The van der Waals surface area contributed by atoms with Crippen LogP contribution in [0.25, 0.3) is 0 Å². The van der Waals surface area contributed by atoms with E-state index in [-0.39, 0.29) is 11.8 Å². The minimum Gasteiger partial charge on any atom is -0.330 e. The quantitative estimate of drug-likeness (QED) is 0.0750. The fourth-order valence-corrected chi connectivity index (χ4v) is 7.74. The molecule has 0 atom stereocenters. The van der Waals surface area contributed by atoms with E-state index in [1.54, 1.807) is 5.12 Å². The summed E-state index contributed by atoms with van der Waals surface area (Å²) in [4.78, 5) is 52.6. The van der Waals surface area contributed by atoms with Gasteiger partial charge < -0.3 is 26.0 Å². The Bertz CT molecular complexity index is 1050. The molecular formula is C38H64N6O4. The molecule has 270 valence electrons. The van der Waals surface area contributed by atoms with Gasteiger partial charge >= 0.3 is 0 Å². The van der Waals surface area contributed by atoms with Crippen LogP contribution in [0.15, 0.2) is 24.3 Å². The third-order valence-electron chi connectivity index (χ3n) is 11.0. The molecule has 2 saturated carbocycles. The van der Waals surface area contributed by atoms with E-state index in [4.69, 9.17) is 11.5 Å². The number of nitrogens with zero attached hydrogens (tertiary/aromatic N) is 2. The molecule has 1 aromatic carbocycles. The van der Waals surface area contributed by atoms with Gasteiger partial charge in [0.2, 0.25) is 11.8 Å². The Morgan fingerprint density at radius 2 is 1.08 bits per heavy atom. The van der Waals surface area contributed by atoms with Gasteiger partial charge in [0, 0.05) is 19.4 Å². The molecule has 10 nitrogen and oxygen atoms in total. The van der Waals surface area contributed by atoms with Crippen LogP contribution in [-0.4, -0.2) is 61.6 Å². The Morgan fingerprint density at radius 1 is 0.688 bits per heavy atom. The Balaban J connectivity index is 1.84. The van der Waals surface area contributed by atoms with Crippen LogP contribution in [0.5, 0.6) is 0 Å². The highest BCUT2D eigenvalue weighted by molar-refractivity contribution is 5.84. The number of hydrazine groups is 2. The molecule has 0 spiro atoms. The molecule has 2 fully saturated rings. The molecule has 1 aromatic rings. The lowest BCUT2D eigenvalue weighted by Crippen LogP contribution is -2.59. The van der Waals surface area contributed by atoms with Crippen LogP contribution in [0, 0.1) is 22.7 Å². The predicted octanol–water partition coefficient (Wildman–Crippen LogP) is 5.18. The first-order valence-corrected chi connectivity index (χ1v) is 18.6. The van der Waals surface area contributed by atoms with Gasteiger partial charge in [0.15, 0.2) is 0 Å². The number of aldehydes is 2. The molecule has 2 amide bonds. The molecule has 0 bridgehead atoms. The van der Waals surface area contributed by atoms with Gasteiger partial charge in [-0.1, -0.05) is 49.9 Å². The predicted molar refractivity (Wildman–Crippen MR) is 191 cm³/mol. The number of benzene rings is 1. The maximum Gasteiger partial charge on any atom is 0.241 e. The Hall–Kier alpha value is -2.66. The van der Waals surface area contributed by atoms with E-state index in [1.807, 2.05) is 14.1 Å². The lowest BCUT2D eigenvalue weighted by molar-refractivity contribution is -0.149. The first-order chi connectivity index (χ1) is 23.2. The monoisotopic (exact) mass is 668 g/mol. The van der Waals surface area contributed by atoms with Gasteiger partial charge in [-0.25, -0.2) is 0 Å². The minimum atomic E-state index is -0.541. The third-order valence-corrected chi connectivity index (χ3v) is 11.0. The maximum atomic E-state index is 14.4. The lowest BCUT2D eigenvalue weighted by atomic mass is 9.67. The zero-order valence-electron chi connectivity index (χ0n) is 29.9. The van der Waals surface area contributed by atoms with Crippen LogP contribution in [-0.2, 0) is 32.3 Å². The zero-order valence-corrected chi connectivity index (χ0v) is 29.9. The maximum absolute atomic E-state index is 14.4. The van der Waals surface area contributed by atoms with E-state index in [2.05, 4.69) is 40.0 Å². The molecule has 0 radical (unpaired) electrons. The standard InChI is InChI=1S/C38H64N6O4/c1-43(2)29-33-11-13-34(14-12-33)30-44(41-35(47)37(19-7-3-5-9-25-45)21-15-31(27-39)16-22-37)42-36(48)38(20-8-4-6-10-26-46)23-17-32(28-40)18-24-38/h11-14,25-26,31-32H,3-10,15-24,27-30,39-40H2,1-2H3,(H,41,47)(H,42,48). The highest BCUT2D eigenvalue weighted by Gasteiger charge is 2.44. The number of nitrogens with two attached hydrogens (primary N) is 2. The largest absolute Gasteiger partial charge is 0.330 e. The fraction of sp³-hybridized carbons (Fsp3) is 0.737. The van der Waals surface area contributed by atoms with Crippen molar-refractivity contribution in [3.8, 4) is 0 Å². The van der Waals surface area contributed by atoms with Gasteiger partial charge in [-0.2, -0.15) is 0 Å². The average Bonchev–Trinajstić information content (AvgIpc) is 3.09. The summed E-state index contributed by atoms with van der Waals surface area (Å²) in [7, 11) is 4.08. The summed E-state index contributed by atoms with van der Waals surface area (Å²) in [6.45, 7) is 2.42. The van der Waals surface area contributed by atoms with Gasteiger partial charge in [-0.3, -0.25) is 20.4 Å². The number of carbonyl (C=O) groups is 4. The number of nitrogens with one attached hydrogen (secondary N) is 2. The summed E-state index contributed by atoms with van der Waals surface area (Å²) in [5.74, 6) is 0.750. The van der Waals surface area contributed by atoms with Crippen molar-refractivity contribution in [2.24, 2.45) is 34.1 Å². The Labute approximate surface area is 289 Å². The second kappa shape index (κ2) is 20.8. The highest BCUT2D eigenvalue weighted by Crippen LogP contribution is 2.44. The van der Waals surface area contributed by atoms with Gasteiger partial charge in [0.25, 0.3) is 0 Å². The molecule has 48 heavy (non-hydrogen) atoms. The first-order valence-electron chi connectivity index (χ1n) is 18.6. The van der Waals surface area contributed by atoms with Crippen molar-refractivity contribution in [2.75, 3.05) is 27.2 Å². The van der Waals surface area contributed by atoms with E-state index in [0.717, 1.165) is 127 Å². The van der Waals surface area contributed by atoms with Crippen molar-refractivity contribution in [2.45, 2.75) is 129 Å². The lowest BCUT2D eigenvalue weighted by Gasteiger charge is -2.42. The van der Waals surface area contributed by atoms with Crippen molar-refractivity contribution < 1.29 is 19.2 Å². The van der Waals surface area contributed by atoms with Crippen molar-refractivity contribution in [3.05, 3.63) is 35.4 Å². The summed E-state index contributed by atoms with van der Waals surface area (Å²) in [5.41, 5.74) is 19.6. The zero-order chi connectivity index (χ0) is 34.8. The summed E-state index contributed by atoms with van der Waals surface area (Å²) < 4.78 is 0. The summed E-state index contributed by atoms with van der Waals surface area (Å²) in [5, 5.41) is 1.64. The summed E-state index contributed by atoms with van der Waals surface area (Å²) in [6.07, 6.45) is 16.5. The smallest absolute Gasteiger partial charge is 0.241 e. The van der Waals surface area contributed by atoms with Gasteiger partial charge in [0.1, 0.15) is 12.6 Å². The molecule has 10 heteroatoms. The highest BCUT2D eigenvalue weighted by atomic mass is 16.2. The second-order valence-electron chi connectivity index (χ2n) is 15.0. The van der Waals surface area contributed by atoms with Crippen LogP contribution >= 0.6 is 0 Å². The Kier molecular flexibility index (Phi) is 17.2. The average molecular weight is 669 g/mol. The van der Waals surface area contributed by atoms with E-state index in [0.29, 0.717) is 44.3 Å². The molecule has 2 aliphatic carbocycles. The minimum absolute atomic E-state index is 0.0485. The van der Waals surface area contributed by atoms with E-state index in [9.17, 15) is 19.2 Å². The molecule has 0 heterocycles. The molecule has 3 rings (SSSR count). The number of hydrogen-bond donors (Lipinski definition) is 4. The molecular weight excluding hydrogens is 604 g/mol. The van der Waals surface area contributed by atoms with E-state index in [1.165, 1.54) is 5.56 Å². The SMILES string of the molecule is CN(C)Cc1ccc(CN(NC(=O)C2(CCCCCC=O)CCC(CN)CC2)NC(=O)C2(CCCCCC=O)CCC(CN)CC2)cc1. The normalized spacial score (nSPS) is 24.4. The van der Waals surface area contributed by atoms with Crippen molar-refractivity contribution >= 4 is 24.4 Å². The van der Waals surface area contributed by atoms with Crippen molar-refractivity contribution in [3.63, 3.8) is 0 Å². The number of rotatable bonds is 22. The summed E-state index contributed by atoms with van der Waals surface area (Å²) >= 11 is 0. The topological polar surface area (TPSA) is 151 Å². The van der Waals surface area contributed by atoms with Crippen molar-refractivity contribution in [1.29, 1.82) is 0 Å².